The number of halogens is 2. The molecule has 0 amide bonds. The van der Waals surface area contributed by atoms with Gasteiger partial charge in [0.25, 0.3) is 0 Å². The van der Waals surface area contributed by atoms with Crippen molar-refractivity contribution in [1.29, 1.82) is 0 Å². The van der Waals surface area contributed by atoms with Crippen LogP contribution in [-0.4, -0.2) is 36.0 Å². The second-order valence-corrected chi connectivity index (χ2v) is 9.88. The van der Waals surface area contributed by atoms with Crippen LogP contribution in [0.25, 0.3) is 0 Å². The van der Waals surface area contributed by atoms with Crippen LogP contribution in [-0.2, 0) is 15.4 Å². The molecule has 1 aliphatic heterocycles. The van der Waals surface area contributed by atoms with Gasteiger partial charge < -0.3 is 4.52 Å². The molecule has 1 aromatic heterocycles. The molecule has 0 unspecified atom stereocenters. The lowest BCUT2D eigenvalue weighted by Crippen LogP contribution is -2.28. The molecule has 1 aliphatic rings. The molecule has 136 valence electrons. The van der Waals surface area contributed by atoms with Gasteiger partial charge in [-0.1, -0.05) is 49.1 Å². The topological polar surface area (TPSA) is 76.3 Å². The van der Waals surface area contributed by atoms with Crippen LogP contribution >= 0.6 is 23.2 Å². The first-order valence-corrected chi connectivity index (χ1v) is 10.1. The molecule has 3 rings (SSSR count). The molecule has 9 heteroatoms. The Morgan fingerprint density at radius 2 is 1.96 bits per heavy atom. The van der Waals surface area contributed by atoms with E-state index < -0.39 is 10.0 Å². The molecule has 1 atom stereocenters. The molecular formula is C16H19Cl2N3O3S. The number of rotatable bonds is 3. The predicted molar refractivity (Wildman–Crippen MR) is 95.6 cm³/mol. The first-order valence-electron chi connectivity index (χ1n) is 7.88. The molecule has 0 N–H and O–H groups in total. The summed E-state index contributed by atoms with van der Waals surface area (Å²) in [5.41, 5.74) is -0.216. The van der Waals surface area contributed by atoms with Gasteiger partial charge in [-0.25, -0.2) is 8.42 Å². The van der Waals surface area contributed by atoms with Gasteiger partial charge in [-0.2, -0.15) is 9.29 Å². The molecule has 1 aromatic carbocycles. The van der Waals surface area contributed by atoms with Gasteiger partial charge in [0.15, 0.2) is 5.82 Å². The first kappa shape index (κ1) is 18.6. The van der Waals surface area contributed by atoms with Crippen molar-refractivity contribution in [2.75, 3.05) is 13.1 Å². The summed E-state index contributed by atoms with van der Waals surface area (Å²) in [5.74, 6) is 0.992. The predicted octanol–water partition coefficient (Wildman–Crippen LogP) is 3.85. The fraction of sp³-hybridized carbons (Fsp3) is 0.500. The largest absolute Gasteiger partial charge is 0.339 e. The van der Waals surface area contributed by atoms with Crippen molar-refractivity contribution in [3.63, 3.8) is 0 Å². The third kappa shape index (κ3) is 3.69. The maximum atomic E-state index is 12.8. The van der Waals surface area contributed by atoms with Gasteiger partial charge in [0.2, 0.25) is 15.9 Å². The maximum Gasteiger partial charge on any atom is 0.243 e. The minimum Gasteiger partial charge on any atom is -0.339 e. The Hall–Kier alpha value is -1.15. The number of aromatic nitrogens is 2. The molecular weight excluding hydrogens is 385 g/mol. The Balaban J connectivity index is 1.80. The third-order valence-corrected chi connectivity index (χ3v) is 6.74. The SMILES string of the molecule is CC(C)(C)c1noc([C@@H]2CCN(S(=O)(=O)c3ccc(Cl)c(Cl)c3)C2)n1. The van der Waals surface area contributed by atoms with Crippen molar-refractivity contribution in [3.05, 3.63) is 40.0 Å². The van der Waals surface area contributed by atoms with E-state index in [1.54, 1.807) is 0 Å². The van der Waals surface area contributed by atoms with Crippen LogP contribution in [0.1, 0.15) is 44.8 Å². The highest BCUT2D eigenvalue weighted by atomic mass is 35.5. The van der Waals surface area contributed by atoms with E-state index in [1.807, 2.05) is 20.8 Å². The summed E-state index contributed by atoms with van der Waals surface area (Å²) in [4.78, 5) is 4.57. The average Bonchev–Trinajstić information content (AvgIpc) is 3.17. The zero-order chi connectivity index (χ0) is 18.4. The lowest BCUT2D eigenvalue weighted by molar-refractivity contribution is 0.343. The smallest absolute Gasteiger partial charge is 0.243 e. The van der Waals surface area contributed by atoms with Crippen LogP contribution < -0.4 is 0 Å². The number of sulfonamides is 1. The molecule has 1 saturated heterocycles. The monoisotopic (exact) mass is 403 g/mol. The summed E-state index contributed by atoms with van der Waals surface area (Å²) in [6, 6.07) is 4.32. The minimum atomic E-state index is -3.64. The van der Waals surface area contributed by atoms with Gasteiger partial charge >= 0.3 is 0 Å². The summed E-state index contributed by atoms with van der Waals surface area (Å²) >= 11 is 11.8. The van der Waals surface area contributed by atoms with E-state index >= 15 is 0 Å². The summed E-state index contributed by atoms with van der Waals surface area (Å²) < 4.78 is 32.4. The summed E-state index contributed by atoms with van der Waals surface area (Å²) in [6.07, 6.45) is 0.631. The average molecular weight is 404 g/mol. The molecule has 0 spiro atoms. The zero-order valence-corrected chi connectivity index (χ0v) is 16.5. The van der Waals surface area contributed by atoms with E-state index in [0.29, 0.717) is 36.2 Å². The fourth-order valence-electron chi connectivity index (χ4n) is 2.64. The molecule has 2 aromatic rings. The van der Waals surface area contributed by atoms with Crippen LogP contribution in [0, 0.1) is 0 Å². The standard InChI is InChI=1S/C16H19Cl2N3O3S/c1-16(2,3)15-19-14(24-20-15)10-6-7-21(9-10)25(22,23)11-4-5-12(17)13(18)8-11/h4-5,8,10H,6-7,9H2,1-3H3/t10-/m1/s1. The van der Waals surface area contributed by atoms with Gasteiger partial charge in [-0.15, -0.1) is 0 Å². The number of benzene rings is 1. The molecule has 0 saturated carbocycles. The van der Waals surface area contributed by atoms with Gasteiger partial charge in [0.05, 0.1) is 20.9 Å². The minimum absolute atomic E-state index is 0.110. The van der Waals surface area contributed by atoms with Gasteiger partial charge in [0.1, 0.15) is 0 Å². The van der Waals surface area contributed by atoms with Crippen molar-refractivity contribution < 1.29 is 12.9 Å². The van der Waals surface area contributed by atoms with Gasteiger partial charge in [0, 0.05) is 18.5 Å². The highest BCUT2D eigenvalue weighted by Crippen LogP contribution is 2.33. The first-order chi connectivity index (χ1) is 11.6. The van der Waals surface area contributed by atoms with Gasteiger partial charge in [-0.3, -0.25) is 0 Å². The van der Waals surface area contributed by atoms with Crippen LogP contribution in [0.2, 0.25) is 10.0 Å². The summed E-state index contributed by atoms with van der Waals surface area (Å²) in [5, 5.41) is 4.55. The highest BCUT2D eigenvalue weighted by Gasteiger charge is 2.36. The Labute approximate surface area is 157 Å². The Morgan fingerprint density at radius 1 is 1.24 bits per heavy atom. The third-order valence-electron chi connectivity index (χ3n) is 4.14. The maximum absolute atomic E-state index is 12.8. The quantitative estimate of drug-likeness (QED) is 0.777. The van der Waals surface area contributed by atoms with Crippen molar-refractivity contribution >= 4 is 33.2 Å². The van der Waals surface area contributed by atoms with Crippen molar-refractivity contribution in [3.8, 4) is 0 Å². The second kappa shape index (κ2) is 6.54. The van der Waals surface area contributed by atoms with E-state index in [4.69, 9.17) is 27.7 Å². The second-order valence-electron chi connectivity index (χ2n) is 7.13. The lowest BCUT2D eigenvalue weighted by atomic mass is 9.96. The number of hydrogen-bond donors (Lipinski definition) is 0. The molecule has 0 aliphatic carbocycles. The highest BCUT2D eigenvalue weighted by molar-refractivity contribution is 7.89. The lowest BCUT2D eigenvalue weighted by Gasteiger charge is -2.16. The normalized spacial score (nSPS) is 19.5. The van der Waals surface area contributed by atoms with Crippen molar-refractivity contribution in [1.82, 2.24) is 14.4 Å². The van der Waals surface area contributed by atoms with E-state index in [0.717, 1.165) is 0 Å². The van der Waals surface area contributed by atoms with Crippen molar-refractivity contribution in [2.24, 2.45) is 0 Å². The molecule has 0 radical (unpaired) electrons. The summed E-state index contributed by atoms with van der Waals surface area (Å²) in [6.45, 7) is 6.68. The number of hydrogen-bond acceptors (Lipinski definition) is 5. The summed E-state index contributed by atoms with van der Waals surface area (Å²) in [7, 11) is -3.64. The zero-order valence-electron chi connectivity index (χ0n) is 14.2. The number of nitrogens with zero attached hydrogens (tertiary/aromatic N) is 3. The van der Waals surface area contributed by atoms with E-state index in [2.05, 4.69) is 10.1 Å². The van der Waals surface area contributed by atoms with E-state index in [1.165, 1.54) is 22.5 Å². The molecule has 1 fully saturated rings. The van der Waals surface area contributed by atoms with Crippen LogP contribution in [0.5, 0.6) is 0 Å². The van der Waals surface area contributed by atoms with E-state index in [9.17, 15) is 8.42 Å². The van der Waals surface area contributed by atoms with Crippen LogP contribution in [0.15, 0.2) is 27.6 Å². The molecule has 25 heavy (non-hydrogen) atoms. The van der Waals surface area contributed by atoms with Crippen LogP contribution in [0.3, 0.4) is 0 Å². The van der Waals surface area contributed by atoms with Gasteiger partial charge in [-0.05, 0) is 24.6 Å². The fourth-order valence-corrected chi connectivity index (χ4v) is 4.53. The Morgan fingerprint density at radius 3 is 2.56 bits per heavy atom. The Bertz CT molecular complexity index is 890. The molecule has 6 nitrogen and oxygen atoms in total. The molecule has 0 bridgehead atoms. The van der Waals surface area contributed by atoms with Crippen LogP contribution in [0.4, 0.5) is 0 Å². The molecule has 2 heterocycles. The van der Waals surface area contributed by atoms with E-state index in [-0.39, 0.29) is 21.3 Å². The van der Waals surface area contributed by atoms with Crippen molar-refractivity contribution in [2.45, 2.75) is 43.4 Å². The Kier molecular flexibility index (Phi) is 4.87.